The van der Waals surface area contributed by atoms with Crippen molar-refractivity contribution in [2.45, 2.75) is 42.8 Å². The first-order valence-electron chi connectivity index (χ1n) is 5.87. The molecule has 0 spiro atoms. The maximum atomic E-state index is 6.02. The normalized spacial score (nSPS) is 25.6. The van der Waals surface area contributed by atoms with Gasteiger partial charge in [0.05, 0.1) is 10.7 Å². The second-order valence-electron chi connectivity index (χ2n) is 4.68. The summed E-state index contributed by atoms with van der Waals surface area (Å²) in [5, 5.41) is 1.44. The van der Waals surface area contributed by atoms with E-state index in [1.165, 1.54) is 30.6 Å². The van der Waals surface area contributed by atoms with E-state index in [0.717, 1.165) is 11.2 Å². The van der Waals surface area contributed by atoms with Crippen LogP contribution in [-0.2, 0) is 0 Å². The molecule has 2 N–H and O–H groups in total. The van der Waals surface area contributed by atoms with Gasteiger partial charge in [0.2, 0.25) is 0 Å². The first-order valence-corrected chi connectivity index (χ1v) is 7.12. The molecule has 0 aliphatic heterocycles. The van der Waals surface area contributed by atoms with Gasteiger partial charge in [-0.15, -0.1) is 11.8 Å². The van der Waals surface area contributed by atoms with E-state index in [0.29, 0.717) is 10.7 Å². The molecule has 88 valence electrons. The Morgan fingerprint density at radius 1 is 1.25 bits per heavy atom. The van der Waals surface area contributed by atoms with Gasteiger partial charge >= 0.3 is 0 Å². The Morgan fingerprint density at radius 2 is 1.94 bits per heavy atom. The number of nitrogen functional groups attached to an aromatic ring is 1. The van der Waals surface area contributed by atoms with Crippen LogP contribution in [0.1, 0.15) is 32.6 Å². The molecule has 0 heterocycles. The Morgan fingerprint density at radius 3 is 2.56 bits per heavy atom. The first kappa shape index (κ1) is 12.1. The minimum atomic E-state index is 0.670. The van der Waals surface area contributed by atoms with Crippen molar-refractivity contribution in [3.8, 4) is 0 Å². The van der Waals surface area contributed by atoms with Crippen molar-refractivity contribution in [2.75, 3.05) is 5.73 Å². The summed E-state index contributed by atoms with van der Waals surface area (Å²) in [4.78, 5) is 1.25. The quantitative estimate of drug-likeness (QED) is 0.782. The van der Waals surface area contributed by atoms with Crippen molar-refractivity contribution in [3.05, 3.63) is 23.2 Å². The zero-order valence-corrected chi connectivity index (χ0v) is 11.2. The number of hydrogen-bond acceptors (Lipinski definition) is 2. The summed E-state index contributed by atoms with van der Waals surface area (Å²) >= 11 is 7.97. The minimum absolute atomic E-state index is 0.670. The van der Waals surface area contributed by atoms with Crippen LogP contribution in [0, 0.1) is 5.92 Å². The number of nitrogens with two attached hydrogens (primary N) is 1. The van der Waals surface area contributed by atoms with E-state index in [2.05, 4.69) is 13.0 Å². The molecule has 0 unspecified atom stereocenters. The largest absolute Gasteiger partial charge is 0.398 e. The fraction of sp³-hybridized carbons (Fsp3) is 0.538. The number of thioether (sulfide) groups is 1. The second-order valence-corrected chi connectivity index (χ2v) is 6.46. The van der Waals surface area contributed by atoms with Gasteiger partial charge in [0.1, 0.15) is 0 Å². The van der Waals surface area contributed by atoms with Gasteiger partial charge in [-0.2, -0.15) is 0 Å². The van der Waals surface area contributed by atoms with E-state index in [9.17, 15) is 0 Å². The number of benzene rings is 1. The zero-order chi connectivity index (χ0) is 11.5. The predicted octanol–water partition coefficient (Wildman–Crippen LogP) is 4.59. The molecular formula is C13H18ClNS. The fourth-order valence-electron chi connectivity index (χ4n) is 2.12. The molecule has 1 aliphatic rings. The van der Waals surface area contributed by atoms with Crippen molar-refractivity contribution in [3.63, 3.8) is 0 Å². The van der Waals surface area contributed by atoms with Gasteiger partial charge in [-0.1, -0.05) is 18.5 Å². The van der Waals surface area contributed by atoms with E-state index in [4.69, 9.17) is 17.3 Å². The standard InChI is InChI=1S/C13H18ClNS/c1-9-2-4-10(5-3-9)16-11-6-7-13(15)12(14)8-11/h6-10H,2-5,15H2,1H3. The van der Waals surface area contributed by atoms with Crippen molar-refractivity contribution in [1.29, 1.82) is 0 Å². The molecule has 3 heteroatoms. The summed E-state index contributed by atoms with van der Waals surface area (Å²) < 4.78 is 0. The van der Waals surface area contributed by atoms with E-state index in [1.54, 1.807) is 0 Å². The van der Waals surface area contributed by atoms with Crippen molar-refractivity contribution in [1.82, 2.24) is 0 Å². The van der Waals surface area contributed by atoms with Crippen molar-refractivity contribution < 1.29 is 0 Å². The van der Waals surface area contributed by atoms with Crippen LogP contribution in [0.5, 0.6) is 0 Å². The first-order chi connectivity index (χ1) is 7.65. The van der Waals surface area contributed by atoms with E-state index < -0.39 is 0 Å². The third-order valence-electron chi connectivity index (χ3n) is 3.24. The SMILES string of the molecule is CC1CCC(Sc2ccc(N)c(Cl)c2)CC1. The summed E-state index contributed by atoms with van der Waals surface area (Å²) in [5.41, 5.74) is 6.37. The van der Waals surface area contributed by atoms with Crippen LogP contribution in [0.15, 0.2) is 23.1 Å². The third-order valence-corrected chi connectivity index (χ3v) is 4.90. The van der Waals surface area contributed by atoms with Gasteiger partial charge in [0, 0.05) is 10.1 Å². The molecule has 1 fully saturated rings. The number of rotatable bonds is 2. The van der Waals surface area contributed by atoms with Crippen LogP contribution in [-0.4, -0.2) is 5.25 Å². The Labute approximate surface area is 107 Å². The molecule has 0 saturated heterocycles. The van der Waals surface area contributed by atoms with Crippen molar-refractivity contribution in [2.24, 2.45) is 5.92 Å². The highest BCUT2D eigenvalue weighted by Crippen LogP contribution is 2.37. The Balaban J connectivity index is 1.96. The molecule has 1 nitrogen and oxygen atoms in total. The monoisotopic (exact) mass is 255 g/mol. The zero-order valence-electron chi connectivity index (χ0n) is 9.58. The lowest BCUT2D eigenvalue weighted by atomic mass is 9.91. The number of anilines is 1. The molecule has 1 saturated carbocycles. The highest BCUT2D eigenvalue weighted by Gasteiger charge is 2.19. The Kier molecular flexibility index (Phi) is 4.04. The predicted molar refractivity (Wildman–Crippen MR) is 73.1 cm³/mol. The van der Waals surface area contributed by atoms with Crippen LogP contribution in [0.2, 0.25) is 5.02 Å². The Bertz CT molecular complexity index is 359. The van der Waals surface area contributed by atoms with Gasteiger partial charge in [-0.25, -0.2) is 0 Å². The molecule has 16 heavy (non-hydrogen) atoms. The molecule has 0 amide bonds. The summed E-state index contributed by atoms with van der Waals surface area (Å²) in [5.74, 6) is 0.909. The second kappa shape index (κ2) is 5.33. The lowest BCUT2D eigenvalue weighted by Crippen LogP contribution is -2.13. The lowest BCUT2D eigenvalue weighted by molar-refractivity contribution is 0.393. The molecule has 1 aromatic carbocycles. The van der Waals surface area contributed by atoms with E-state index in [-0.39, 0.29) is 0 Å². The molecule has 1 aromatic rings. The van der Waals surface area contributed by atoms with E-state index in [1.807, 2.05) is 23.9 Å². The molecule has 1 aliphatic carbocycles. The summed E-state index contributed by atoms with van der Waals surface area (Å²) in [6, 6.07) is 5.96. The van der Waals surface area contributed by atoms with Crippen LogP contribution in [0.25, 0.3) is 0 Å². The molecular weight excluding hydrogens is 238 g/mol. The molecule has 0 radical (unpaired) electrons. The smallest absolute Gasteiger partial charge is 0.0646 e. The summed E-state index contributed by atoms with van der Waals surface area (Å²) in [7, 11) is 0. The van der Waals surface area contributed by atoms with Gasteiger partial charge in [0.25, 0.3) is 0 Å². The maximum absolute atomic E-state index is 6.02. The van der Waals surface area contributed by atoms with Gasteiger partial charge in [0.15, 0.2) is 0 Å². The van der Waals surface area contributed by atoms with Gasteiger partial charge in [-0.05, 0) is 49.8 Å². The van der Waals surface area contributed by atoms with Gasteiger partial charge < -0.3 is 5.73 Å². The highest BCUT2D eigenvalue weighted by atomic mass is 35.5. The van der Waals surface area contributed by atoms with Crippen LogP contribution in [0.3, 0.4) is 0 Å². The van der Waals surface area contributed by atoms with E-state index >= 15 is 0 Å². The number of hydrogen-bond donors (Lipinski definition) is 1. The molecule has 0 aromatic heterocycles. The van der Waals surface area contributed by atoms with Crippen LogP contribution < -0.4 is 5.73 Å². The Hall–Kier alpha value is -0.340. The van der Waals surface area contributed by atoms with Crippen LogP contribution in [0.4, 0.5) is 5.69 Å². The maximum Gasteiger partial charge on any atom is 0.0646 e. The van der Waals surface area contributed by atoms with Crippen LogP contribution >= 0.6 is 23.4 Å². The topological polar surface area (TPSA) is 26.0 Å². The number of halogens is 1. The molecule has 2 rings (SSSR count). The third kappa shape index (κ3) is 3.08. The fourth-order valence-corrected chi connectivity index (χ4v) is 3.59. The highest BCUT2D eigenvalue weighted by molar-refractivity contribution is 8.00. The average Bonchev–Trinajstić information content (AvgIpc) is 2.27. The lowest BCUT2D eigenvalue weighted by Gasteiger charge is -2.25. The van der Waals surface area contributed by atoms with Crippen molar-refractivity contribution >= 4 is 29.1 Å². The molecule has 0 bridgehead atoms. The van der Waals surface area contributed by atoms with Gasteiger partial charge in [-0.3, -0.25) is 0 Å². The summed E-state index contributed by atoms with van der Waals surface area (Å²) in [6.45, 7) is 2.35. The molecule has 0 atom stereocenters. The summed E-state index contributed by atoms with van der Waals surface area (Å²) in [6.07, 6.45) is 5.38. The minimum Gasteiger partial charge on any atom is -0.398 e. The average molecular weight is 256 g/mol.